The van der Waals surface area contributed by atoms with Gasteiger partial charge in [0.2, 0.25) is 0 Å². The van der Waals surface area contributed by atoms with Gasteiger partial charge in [-0.15, -0.1) is 0 Å². The molecule has 2 rings (SSSR count). The molecule has 0 aromatic rings. The van der Waals surface area contributed by atoms with Crippen molar-refractivity contribution in [1.29, 1.82) is 0 Å². The minimum Gasteiger partial charge on any atom is -1.00 e. The zero-order chi connectivity index (χ0) is 14.8. The van der Waals surface area contributed by atoms with E-state index in [9.17, 15) is 4.79 Å². The molecule has 4 nitrogen and oxygen atoms in total. The smallest absolute Gasteiger partial charge is 1.00 e. The molecule has 0 saturated heterocycles. The minimum absolute atomic E-state index is 0. The summed E-state index contributed by atoms with van der Waals surface area (Å²) in [5, 5.41) is 9.14. The molecule has 6 heteroatoms. The van der Waals surface area contributed by atoms with Crippen LogP contribution in [0, 0.1) is 0 Å². The second-order valence-electron chi connectivity index (χ2n) is 5.58. The first-order valence-electron chi connectivity index (χ1n) is 8.08. The molecule has 0 radical (unpaired) electrons. The van der Waals surface area contributed by atoms with E-state index >= 15 is 0 Å². The van der Waals surface area contributed by atoms with Crippen molar-refractivity contribution in [1.82, 2.24) is 0 Å². The largest absolute Gasteiger partial charge is 1.00 e. The molecule has 23 heavy (non-hydrogen) atoms. The Bertz CT molecular complexity index is 267. The van der Waals surface area contributed by atoms with Crippen LogP contribution in [0.2, 0.25) is 0 Å². The summed E-state index contributed by atoms with van der Waals surface area (Å²) >= 11 is 0. The van der Waals surface area contributed by atoms with Gasteiger partial charge in [-0.1, -0.05) is 7.43 Å². The van der Waals surface area contributed by atoms with Gasteiger partial charge in [0, 0.05) is 26.1 Å². The molecule has 0 unspecified atom stereocenters. The van der Waals surface area contributed by atoms with Gasteiger partial charge in [0.1, 0.15) is 5.78 Å². The van der Waals surface area contributed by atoms with Crippen LogP contribution in [0.5, 0.6) is 0 Å². The summed E-state index contributed by atoms with van der Waals surface area (Å²) in [6.07, 6.45) is 7.97. The summed E-state index contributed by atoms with van der Waals surface area (Å²) in [7, 11) is 0. The van der Waals surface area contributed by atoms with Crippen LogP contribution >= 0.6 is 0 Å². The molecule has 2 aliphatic carbocycles. The van der Waals surface area contributed by atoms with Gasteiger partial charge in [0.05, 0.1) is 18.3 Å². The van der Waals surface area contributed by atoms with E-state index in [0.29, 0.717) is 18.0 Å². The van der Waals surface area contributed by atoms with Crippen molar-refractivity contribution in [2.45, 2.75) is 91.0 Å². The Morgan fingerprint density at radius 2 is 1.35 bits per heavy atom. The molecular formula is C17H38AlLiO4. The summed E-state index contributed by atoms with van der Waals surface area (Å²) in [6.45, 7) is 5.60. The fraction of sp³-hybridized carbons (Fsp3) is 0.941. The van der Waals surface area contributed by atoms with Crippen molar-refractivity contribution >= 4 is 23.1 Å². The molecule has 0 amide bonds. The Balaban J connectivity index is -0.000000143. The summed E-state index contributed by atoms with van der Waals surface area (Å²) in [5.41, 5.74) is 0. The van der Waals surface area contributed by atoms with Gasteiger partial charge < -0.3 is 16.0 Å². The second-order valence-corrected chi connectivity index (χ2v) is 5.58. The van der Waals surface area contributed by atoms with Crippen LogP contribution in [0.25, 0.3) is 0 Å². The summed E-state index contributed by atoms with van der Waals surface area (Å²) < 4.78 is 10.8. The Kier molecular flexibility index (Phi) is 21.7. The van der Waals surface area contributed by atoms with E-state index in [1.165, 1.54) is 0 Å². The van der Waals surface area contributed by atoms with Crippen LogP contribution in [0.4, 0.5) is 0 Å². The maximum Gasteiger partial charge on any atom is 1.00 e. The Morgan fingerprint density at radius 3 is 1.74 bits per heavy atom. The first kappa shape index (κ1) is 28.5. The molecule has 0 aromatic heterocycles. The number of aliphatic hydroxyl groups is 1. The van der Waals surface area contributed by atoms with Crippen LogP contribution in [0.3, 0.4) is 0 Å². The SMILES string of the molecule is C.CCOC1CCC(=O)CC1.CCOC1CCC(O)CC1.[AlH3].[H-].[Li+]. The number of rotatable bonds is 4. The fourth-order valence-corrected chi connectivity index (χ4v) is 2.76. The molecule has 0 aromatic carbocycles. The monoisotopic (exact) mass is 340 g/mol. The minimum atomic E-state index is -0.0586. The first-order valence-corrected chi connectivity index (χ1v) is 8.08. The number of ether oxygens (including phenoxy) is 2. The van der Waals surface area contributed by atoms with Crippen LogP contribution < -0.4 is 18.9 Å². The predicted molar refractivity (Wildman–Crippen MR) is 96.6 cm³/mol. The van der Waals surface area contributed by atoms with Crippen molar-refractivity contribution in [3.63, 3.8) is 0 Å². The van der Waals surface area contributed by atoms with Crippen LogP contribution in [0.1, 0.15) is 74.1 Å². The molecular weight excluding hydrogens is 302 g/mol. The second kappa shape index (κ2) is 17.5. The molecule has 0 aliphatic heterocycles. The van der Waals surface area contributed by atoms with E-state index in [0.717, 1.165) is 64.6 Å². The summed E-state index contributed by atoms with van der Waals surface area (Å²) in [4.78, 5) is 10.8. The average Bonchev–Trinajstić information content (AvgIpc) is 2.45. The third kappa shape index (κ3) is 13.6. The number of Topliss-reactive ketones (excluding diaryl/α,β-unsaturated/α-hetero) is 1. The van der Waals surface area contributed by atoms with Crippen molar-refractivity contribution in [2.75, 3.05) is 13.2 Å². The molecule has 2 saturated carbocycles. The molecule has 0 heterocycles. The van der Waals surface area contributed by atoms with Gasteiger partial charge in [-0.25, -0.2) is 0 Å². The van der Waals surface area contributed by atoms with E-state index in [1.54, 1.807) is 0 Å². The molecule has 2 fully saturated rings. The average molecular weight is 340 g/mol. The summed E-state index contributed by atoms with van der Waals surface area (Å²) in [6, 6.07) is 0. The molecule has 1 N–H and O–H groups in total. The molecule has 134 valence electrons. The molecule has 0 spiro atoms. The fourth-order valence-electron chi connectivity index (χ4n) is 2.76. The quantitative estimate of drug-likeness (QED) is 0.697. The van der Waals surface area contributed by atoms with Crippen molar-refractivity contribution in [3.05, 3.63) is 0 Å². The third-order valence-corrected chi connectivity index (χ3v) is 3.94. The number of carbonyl (C=O) groups is 1. The zero-order valence-electron chi connectivity index (χ0n) is 15.0. The topological polar surface area (TPSA) is 55.8 Å². The number of aliphatic hydroxyl groups excluding tert-OH is 1. The molecule has 0 atom stereocenters. The molecule has 2 aliphatic rings. The zero-order valence-corrected chi connectivity index (χ0v) is 14.0. The summed E-state index contributed by atoms with van der Waals surface area (Å²) in [5.74, 6) is 0.399. The maximum atomic E-state index is 10.8. The van der Waals surface area contributed by atoms with Crippen molar-refractivity contribution in [3.8, 4) is 0 Å². The Labute approximate surface area is 166 Å². The maximum absolute atomic E-state index is 10.8. The van der Waals surface area contributed by atoms with Gasteiger partial charge in [0.25, 0.3) is 0 Å². The van der Waals surface area contributed by atoms with Gasteiger partial charge in [0.15, 0.2) is 17.4 Å². The van der Waals surface area contributed by atoms with Gasteiger partial charge in [-0.2, -0.15) is 0 Å². The van der Waals surface area contributed by atoms with Gasteiger partial charge in [-0.05, 0) is 52.4 Å². The van der Waals surface area contributed by atoms with E-state index in [1.807, 2.05) is 13.8 Å². The number of hydrogen-bond acceptors (Lipinski definition) is 4. The van der Waals surface area contributed by atoms with E-state index in [2.05, 4.69) is 0 Å². The van der Waals surface area contributed by atoms with E-state index in [-0.39, 0.29) is 51.2 Å². The van der Waals surface area contributed by atoms with Gasteiger partial charge >= 0.3 is 18.9 Å². The number of hydrogen-bond donors (Lipinski definition) is 1. The Hall–Kier alpha value is 0.680. The van der Waals surface area contributed by atoms with Crippen LogP contribution in [0.15, 0.2) is 0 Å². The first-order chi connectivity index (χ1) is 9.65. The normalized spacial score (nSPS) is 24.2. The van der Waals surface area contributed by atoms with E-state index in [4.69, 9.17) is 14.6 Å². The Morgan fingerprint density at radius 1 is 0.957 bits per heavy atom. The van der Waals surface area contributed by atoms with Crippen molar-refractivity contribution < 1.29 is 39.7 Å². The number of ketones is 1. The van der Waals surface area contributed by atoms with Gasteiger partial charge in [-0.3, -0.25) is 4.79 Å². The van der Waals surface area contributed by atoms with Crippen molar-refractivity contribution in [2.24, 2.45) is 0 Å². The number of carbonyl (C=O) groups excluding carboxylic acids is 1. The van der Waals surface area contributed by atoms with Crippen LogP contribution in [-0.4, -0.2) is 59.8 Å². The molecule has 0 bridgehead atoms. The standard InChI is InChI=1S/C8H16O2.C8H14O2.CH4.Al.Li.4H/c2*1-2-10-8-5-3-7(9)4-6-8;;;;;;;/h7-9H,2-6H2,1H3;8H,2-6H2,1H3;1H4;;;;;;/q;;;;+1;;;;-1. The predicted octanol–water partition coefficient (Wildman–Crippen LogP) is -0.570. The van der Waals surface area contributed by atoms with Crippen LogP contribution in [-0.2, 0) is 14.3 Å². The third-order valence-electron chi connectivity index (χ3n) is 3.94. The van der Waals surface area contributed by atoms with E-state index < -0.39 is 0 Å².